The maximum atomic E-state index is 13.1. The van der Waals surface area contributed by atoms with Crippen LogP contribution in [0.5, 0.6) is 0 Å². The van der Waals surface area contributed by atoms with E-state index in [1.165, 1.54) is 38.5 Å². The van der Waals surface area contributed by atoms with E-state index in [1.807, 2.05) is 0 Å². The minimum Gasteiger partial charge on any atom is -0.462 e. The number of guanidine groups is 2. The normalized spacial score (nSPS) is 17.7. The number of fused-ring (bicyclic) bond motifs is 1. The van der Waals surface area contributed by atoms with Crippen molar-refractivity contribution in [3.63, 3.8) is 0 Å². The lowest BCUT2D eigenvalue weighted by Gasteiger charge is -2.25. The lowest BCUT2D eigenvalue weighted by atomic mass is 9.96. The molecule has 188 valence electrons. The zero-order chi connectivity index (χ0) is 23.9. The standard InChI is InChI=1S/C25H46N6O2/c1-2-3-4-5-6-8-11-15-20-22(21-16-14-18-31(21)25(28)30-20)23(32)33-19-13-10-7-9-12-17-29-24(26)27/h20H,2-19H2,1H3,(H6,26,27,28,29,30)/p+1/t20-/m0/s1. The minimum absolute atomic E-state index is 0.0342. The topological polar surface area (TPSA) is 132 Å². The molecule has 8 heteroatoms. The Hall–Kier alpha value is -2.25. The van der Waals surface area contributed by atoms with E-state index in [1.54, 1.807) is 0 Å². The van der Waals surface area contributed by atoms with Gasteiger partial charge >= 0.3 is 11.9 Å². The second-order valence-electron chi connectivity index (χ2n) is 9.32. The number of nitrogens with one attached hydrogen (secondary N) is 1. The molecule has 0 aromatic heterocycles. The van der Waals surface area contributed by atoms with Crippen LogP contribution in [-0.4, -0.2) is 48.2 Å². The number of nitrogens with zero attached hydrogens (tertiary/aromatic N) is 2. The van der Waals surface area contributed by atoms with E-state index in [0.717, 1.165) is 75.6 Å². The lowest BCUT2D eigenvalue weighted by Crippen LogP contribution is -2.51. The molecule has 2 aliphatic rings. The first-order valence-corrected chi connectivity index (χ1v) is 13.2. The highest BCUT2D eigenvalue weighted by molar-refractivity contribution is 5.92. The van der Waals surface area contributed by atoms with Gasteiger partial charge in [-0.1, -0.05) is 64.7 Å². The first-order valence-electron chi connectivity index (χ1n) is 13.2. The van der Waals surface area contributed by atoms with Crippen molar-refractivity contribution in [2.45, 2.75) is 109 Å². The molecule has 0 bridgehead atoms. The van der Waals surface area contributed by atoms with E-state index in [-0.39, 0.29) is 18.0 Å². The quantitative estimate of drug-likeness (QED) is 0.0861. The molecule has 1 fully saturated rings. The molecule has 0 amide bonds. The molecule has 8 nitrogen and oxygen atoms in total. The Kier molecular flexibility index (Phi) is 12.7. The molecule has 7 N–H and O–H groups in total. The predicted molar refractivity (Wildman–Crippen MR) is 135 cm³/mol. The van der Waals surface area contributed by atoms with Gasteiger partial charge in [-0.3, -0.25) is 16.0 Å². The number of hydrogen-bond acceptors (Lipinski definition) is 5. The Morgan fingerprint density at radius 1 is 1.03 bits per heavy atom. The first kappa shape index (κ1) is 27.0. The van der Waals surface area contributed by atoms with Crippen molar-refractivity contribution < 1.29 is 14.1 Å². The van der Waals surface area contributed by atoms with E-state index in [9.17, 15) is 4.79 Å². The van der Waals surface area contributed by atoms with Gasteiger partial charge in [0, 0.05) is 13.0 Å². The van der Waals surface area contributed by atoms with Crippen LogP contribution in [0.3, 0.4) is 0 Å². The second kappa shape index (κ2) is 15.6. The number of aliphatic imine (C=N–C) groups is 1. The summed E-state index contributed by atoms with van der Waals surface area (Å²) in [5.74, 6) is 0.672. The fourth-order valence-corrected chi connectivity index (χ4v) is 4.73. The highest BCUT2D eigenvalue weighted by Crippen LogP contribution is 2.28. The highest BCUT2D eigenvalue weighted by atomic mass is 16.5. The summed E-state index contributed by atoms with van der Waals surface area (Å²) >= 11 is 0. The van der Waals surface area contributed by atoms with Crippen molar-refractivity contribution in [3.8, 4) is 0 Å². The predicted octanol–water partition coefficient (Wildman–Crippen LogP) is 3.24. The van der Waals surface area contributed by atoms with Crippen molar-refractivity contribution in [3.05, 3.63) is 11.3 Å². The molecule has 0 aliphatic carbocycles. The van der Waals surface area contributed by atoms with E-state index in [0.29, 0.717) is 19.1 Å². The van der Waals surface area contributed by atoms with E-state index >= 15 is 0 Å². The van der Waals surface area contributed by atoms with Crippen LogP contribution in [0.25, 0.3) is 0 Å². The van der Waals surface area contributed by atoms with Gasteiger partial charge in [-0.15, -0.1) is 0 Å². The Morgan fingerprint density at radius 3 is 2.42 bits per heavy atom. The third kappa shape index (κ3) is 9.64. The highest BCUT2D eigenvalue weighted by Gasteiger charge is 2.38. The SMILES string of the molecule is CCCCCCCCC[C@@H]1NC(N)=[N+]2CCCC2=C1C(=O)OCCCCCCCN=C(N)N. The minimum atomic E-state index is -0.169. The van der Waals surface area contributed by atoms with Gasteiger partial charge in [-0.2, -0.15) is 0 Å². The van der Waals surface area contributed by atoms with Gasteiger partial charge in [0.05, 0.1) is 18.8 Å². The Labute approximate surface area is 200 Å². The summed E-state index contributed by atoms with van der Waals surface area (Å²) in [6.07, 6.45) is 16.7. The molecule has 0 radical (unpaired) electrons. The molecular formula is C25H47N6O2+. The third-order valence-corrected chi connectivity index (χ3v) is 6.54. The van der Waals surface area contributed by atoms with E-state index in [2.05, 4.69) is 21.8 Å². The van der Waals surface area contributed by atoms with Crippen LogP contribution in [0.1, 0.15) is 103 Å². The number of allylic oxidation sites excluding steroid dienone is 1. The molecule has 1 atom stereocenters. The Morgan fingerprint density at radius 2 is 1.70 bits per heavy atom. The van der Waals surface area contributed by atoms with Gasteiger partial charge in [0.1, 0.15) is 11.6 Å². The molecule has 0 spiro atoms. The molecule has 2 rings (SSSR count). The summed E-state index contributed by atoms with van der Waals surface area (Å²) in [5, 5.41) is 3.40. The average Bonchev–Trinajstić information content (AvgIpc) is 3.27. The molecule has 1 saturated heterocycles. The van der Waals surface area contributed by atoms with Gasteiger partial charge in [-0.25, -0.2) is 9.37 Å². The summed E-state index contributed by atoms with van der Waals surface area (Å²) in [5.41, 5.74) is 18.8. The van der Waals surface area contributed by atoms with Crippen molar-refractivity contribution in [2.75, 3.05) is 19.7 Å². The number of carbonyl (C=O) groups is 1. The maximum Gasteiger partial charge on any atom is 0.348 e. The molecule has 0 aromatic rings. The fourth-order valence-electron chi connectivity index (χ4n) is 4.73. The smallest absolute Gasteiger partial charge is 0.348 e. The van der Waals surface area contributed by atoms with E-state index < -0.39 is 0 Å². The Balaban J connectivity index is 1.77. The lowest BCUT2D eigenvalue weighted by molar-refractivity contribution is -0.466. The van der Waals surface area contributed by atoms with Crippen LogP contribution in [0, 0.1) is 0 Å². The van der Waals surface area contributed by atoms with Crippen molar-refractivity contribution >= 4 is 17.9 Å². The average molecular weight is 464 g/mol. The van der Waals surface area contributed by atoms with Crippen LogP contribution in [0.2, 0.25) is 0 Å². The number of ether oxygens (including phenoxy) is 1. The molecule has 0 unspecified atom stereocenters. The summed E-state index contributed by atoms with van der Waals surface area (Å²) < 4.78 is 7.78. The summed E-state index contributed by atoms with van der Waals surface area (Å²) in [4.78, 5) is 17.1. The summed E-state index contributed by atoms with van der Waals surface area (Å²) in [6, 6.07) is -0.0342. The zero-order valence-electron chi connectivity index (χ0n) is 20.7. The molecule has 0 saturated carbocycles. The number of rotatable bonds is 17. The molecule has 33 heavy (non-hydrogen) atoms. The number of esters is 1. The second-order valence-corrected chi connectivity index (χ2v) is 9.32. The van der Waals surface area contributed by atoms with Crippen LogP contribution in [0.4, 0.5) is 0 Å². The van der Waals surface area contributed by atoms with Gasteiger partial charge in [0.25, 0.3) is 0 Å². The summed E-state index contributed by atoms with van der Waals surface area (Å²) in [7, 11) is 0. The van der Waals surface area contributed by atoms with Crippen LogP contribution in [0.15, 0.2) is 16.3 Å². The van der Waals surface area contributed by atoms with Crippen LogP contribution in [-0.2, 0) is 9.53 Å². The fraction of sp³-hybridized carbons (Fsp3) is 0.800. The number of hydrogen-bond donors (Lipinski definition) is 4. The van der Waals surface area contributed by atoms with Crippen LogP contribution < -0.4 is 22.5 Å². The molecular weight excluding hydrogens is 416 g/mol. The molecule has 0 aromatic carbocycles. The Bertz CT molecular complexity index is 697. The number of nitrogens with two attached hydrogens (primary N) is 3. The largest absolute Gasteiger partial charge is 0.462 e. The van der Waals surface area contributed by atoms with Crippen molar-refractivity contribution in [2.24, 2.45) is 22.2 Å². The van der Waals surface area contributed by atoms with Gasteiger partial charge in [0.2, 0.25) is 0 Å². The monoisotopic (exact) mass is 463 g/mol. The van der Waals surface area contributed by atoms with Crippen molar-refractivity contribution in [1.82, 2.24) is 5.32 Å². The van der Waals surface area contributed by atoms with Gasteiger partial charge in [0.15, 0.2) is 5.96 Å². The van der Waals surface area contributed by atoms with Crippen LogP contribution >= 0.6 is 0 Å². The summed E-state index contributed by atoms with van der Waals surface area (Å²) in [6.45, 7) is 4.26. The van der Waals surface area contributed by atoms with E-state index in [4.69, 9.17) is 21.9 Å². The first-order chi connectivity index (χ1) is 16.0. The maximum absolute atomic E-state index is 13.1. The third-order valence-electron chi connectivity index (χ3n) is 6.54. The zero-order valence-corrected chi connectivity index (χ0v) is 20.7. The number of carbonyl (C=O) groups excluding carboxylic acids is 1. The van der Waals surface area contributed by atoms with Crippen molar-refractivity contribution in [1.29, 1.82) is 0 Å². The number of unbranched alkanes of at least 4 members (excludes halogenated alkanes) is 10. The molecule has 2 aliphatic heterocycles. The molecule has 2 heterocycles. The van der Waals surface area contributed by atoms with Gasteiger partial charge in [-0.05, 0) is 32.1 Å². The van der Waals surface area contributed by atoms with Gasteiger partial charge < -0.3 is 16.2 Å².